The van der Waals surface area contributed by atoms with Crippen LogP contribution in [0.15, 0.2) is 36.0 Å². The normalized spacial score (nSPS) is 19.4. The number of carbonyl (C=O) groups excluding carboxylic acids is 2. The summed E-state index contributed by atoms with van der Waals surface area (Å²) >= 11 is 0. The van der Waals surface area contributed by atoms with Gasteiger partial charge in [0.1, 0.15) is 0 Å². The SMILES string of the molecule is CC.CC(=O)C1=CN2CCc3c([nH]c4ccccc34)C2CC1=O. The highest BCUT2D eigenvalue weighted by atomic mass is 16.1. The number of aromatic nitrogens is 1. The third-order valence-corrected chi connectivity index (χ3v) is 4.55. The number of para-hydroxylation sites is 1. The van der Waals surface area contributed by atoms with E-state index in [9.17, 15) is 9.59 Å². The van der Waals surface area contributed by atoms with Gasteiger partial charge in [0.25, 0.3) is 0 Å². The molecule has 1 N–H and O–H groups in total. The molecule has 0 aliphatic carbocycles. The summed E-state index contributed by atoms with van der Waals surface area (Å²) in [6.07, 6.45) is 3.07. The number of hydrogen-bond acceptors (Lipinski definition) is 3. The zero-order chi connectivity index (χ0) is 16.6. The maximum absolute atomic E-state index is 12.2. The number of H-pyrrole nitrogens is 1. The molecular weight excluding hydrogens is 288 g/mol. The highest BCUT2D eigenvalue weighted by Crippen LogP contribution is 2.39. The van der Waals surface area contributed by atoms with Crippen molar-refractivity contribution in [3.05, 3.63) is 47.3 Å². The van der Waals surface area contributed by atoms with Gasteiger partial charge in [-0.2, -0.15) is 0 Å². The summed E-state index contributed by atoms with van der Waals surface area (Å²) < 4.78 is 0. The lowest BCUT2D eigenvalue weighted by Gasteiger charge is -2.37. The largest absolute Gasteiger partial charge is 0.367 e. The van der Waals surface area contributed by atoms with Gasteiger partial charge in [0.2, 0.25) is 0 Å². The van der Waals surface area contributed by atoms with E-state index in [1.807, 2.05) is 26.0 Å². The number of hydrogen-bond donors (Lipinski definition) is 1. The Balaban J connectivity index is 0.000000753. The smallest absolute Gasteiger partial charge is 0.170 e. The van der Waals surface area contributed by atoms with E-state index in [1.165, 1.54) is 17.9 Å². The molecule has 0 radical (unpaired) electrons. The quantitative estimate of drug-likeness (QED) is 0.820. The summed E-state index contributed by atoms with van der Waals surface area (Å²) in [5.74, 6) is -0.184. The lowest BCUT2D eigenvalue weighted by atomic mass is 9.89. The summed E-state index contributed by atoms with van der Waals surface area (Å²) in [6.45, 7) is 6.31. The summed E-state index contributed by atoms with van der Waals surface area (Å²) in [5.41, 5.74) is 3.91. The minimum atomic E-state index is -0.138. The van der Waals surface area contributed by atoms with Crippen LogP contribution >= 0.6 is 0 Å². The Morgan fingerprint density at radius 2 is 2.00 bits per heavy atom. The molecule has 23 heavy (non-hydrogen) atoms. The van der Waals surface area contributed by atoms with Crippen LogP contribution in [0.1, 0.15) is 44.5 Å². The van der Waals surface area contributed by atoms with E-state index < -0.39 is 0 Å². The van der Waals surface area contributed by atoms with Gasteiger partial charge in [-0.15, -0.1) is 0 Å². The molecule has 2 aliphatic heterocycles. The van der Waals surface area contributed by atoms with Crippen molar-refractivity contribution >= 4 is 22.5 Å². The van der Waals surface area contributed by atoms with Crippen LogP contribution < -0.4 is 0 Å². The van der Waals surface area contributed by atoms with Crippen LogP contribution in [0.4, 0.5) is 0 Å². The molecule has 1 aromatic heterocycles. The van der Waals surface area contributed by atoms with Crippen molar-refractivity contribution in [3.63, 3.8) is 0 Å². The molecule has 2 aliphatic rings. The van der Waals surface area contributed by atoms with Crippen molar-refractivity contribution in [3.8, 4) is 0 Å². The van der Waals surface area contributed by atoms with E-state index in [0.29, 0.717) is 12.0 Å². The Bertz CT molecular complexity index is 801. The van der Waals surface area contributed by atoms with Gasteiger partial charge in [0.15, 0.2) is 11.6 Å². The summed E-state index contributed by atoms with van der Waals surface area (Å²) in [4.78, 5) is 29.3. The average Bonchev–Trinajstić information content (AvgIpc) is 2.95. The van der Waals surface area contributed by atoms with Crippen molar-refractivity contribution in [2.24, 2.45) is 0 Å². The van der Waals surface area contributed by atoms with Gasteiger partial charge in [-0.1, -0.05) is 32.0 Å². The first-order valence-corrected chi connectivity index (χ1v) is 8.26. The molecule has 1 aromatic carbocycles. The zero-order valence-electron chi connectivity index (χ0n) is 13.8. The fourth-order valence-electron chi connectivity index (χ4n) is 3.52. The van der Waals surface area contributed by atoms with Crippen LogP contribution in [0.3, 0.4) is 0 Å². The van der Waals surface area contributed by atoms with Gasteiger partial charge < -0.3 is 9.88 Å². The number of benzene rings is 1. The molecule has 4 heteroatoms. The average molecular weight is 310 g/mol. The standard InChI is InChI=1S/C17H16N2O2.C2H6/c1-10(20)13-9-19-7-6-12-11-4-2-3-5-14(11)18-17(12)15(19)8-16(13)21;1-2/h2-5,9,15,18H,6-8H2,1H3;1-2H3. The Morgan fingerprint density at radius 1 is 1.26 bits per heavy atom. The minimum Gasteiger partial charge on any atom is -0.367 e. The van der Waals surface area contributed by atoms with Crippen LogP contribution in [0.25, 0.3) is 10.9 Å². The van der Waals surface area contributed by atoms with Crippen LogP contribution in [0.2, 0.25) is 0 Å². The molecule has 120 valence electrons. The van der Waals surface area contributed by atoms with Gasteiger partial charge in [0, 0.05) is 35.8 Å². The van der Waals surface area contributed by atoms with E-state index in [2.05, 4.69) is 22.0 Å². The highest BCUT2D eigenvalue weighted by molar-refractivity contribution is 6.19. The molecule has 4 nitrogen and oxygen atoms in total. The van der Waals surface area contributed by atoms with Gasteiger partial charge in [-0.05, 0) is 25.0 Å². The van der Waals surface area contributed by atoms with Crippen LogP contribution in [0.5, 0.6) is 0 Å². The molecule has 1 atom stereocenters. The van der Waals surface area contributed by atoms with E-state index in [1.54, 1.807) is 6.20 Å². The lowest BCUT2D eigenvalue weighted by molar-refractivity contribution is -0.122. The Hall–Kier alpha value is -2.36. The second-order valence-electron chi connectivity index (χ2n) is 5.79. The number of nitrogens with zero attached hydrogens (tertiary/aromatic N) is 1. The predicted molar refractivity (Wildman–Crippen MR) is 91.2 cm³/mol. The third kappa shape index (κ3) is 2.48. The van der Waals surface area contributed by atoms with Crippen molar-refractivity contribution in [1.82, 2.24) is 9.88 Å². The molecule has 3 heterocycles. The van der Waals surface area contributed by atoms with Gasteiger partial charge in [-0.3, -0.25) is 9.59 Å². The van der Waals surface area contributed by atoms with Crippen molar-refractivity contribution in [1.29, 1.82) is 0 Å². The summed E-state index contributed by atoms with van der Waals surface area (Å²) in [6, 6.07) is 8.29. The first-order valence-electron chi connectivity index (χ1n) is 8.26. The molecule has 2 aromatic rings. The molecular formula is C19H22N2O2. The van der Waals surface area contributed by atoms with E-state index in [4.69, 9.17) is 0 Å². The molecule has 1 unspecified atom stereocenters. The number of rotatable bonds is 1. The van der Waals surface area contributed by atoms with Crippen LogP contribution in [0, 0.1) is 0 Å². The van der Waals surface area contributed by atoms with Crippen molar-refractivity contribution < 1.29 is 9.59 Å². The van der Waals surface area contributed by atoms with Crippen LogP contribution in [-0.4, -0.2) is 28.0 Å². The minimum absolute atomic E-state index is 0.0387. The maximum atomic E-state index is 12.2. The summed E-state index contributed by atoms with van der Waals surface area (Å²) in [5, 5.41) is 1.25. The highest BCUT2D eigenvalue weighted by Gasteiger charge is 2.35. The number of ketones is 2. The van der Waals surface area contributed by atoms with Crippen molar-refractivity contribution in [2.45, 2.75) is 39.7 Å². The molecule has 4 rings (SSSR count). The zero-order valence-corrected chi connectivity index (χ0v) is 13.8. The molecule has 0 fully saturated rings. The third-order valence-electron chi connectivity index (χ3n) is 4.55. The molecule has 0 saturated carbocycles. The number of allylic oxidation sites excluding steroid dienone is 1. The Kier molecular flexibility index (Phi) is 4.07. The van der Waals surface area contributed by atoms with Crippen LogP contribution in [-0.2, 0) is 16.0 Å². The number of fused-ring (bicyclic) bond motifs is 5. The molecule has 0 amide bonds. The summed E-state index contributed by atoms with van der Waals surface area (Å²) in [7, 11) is 0. The first-order chi connectivity index (χ1) is 11.1. The fourth-order valence-corrected chi connectivity index (χ4v) is 3.52. The Morgan fingerprint density at radius 3 is 2.74 bits per heavy atom. The van der Waals surface area contributed by atoms with E-state index >= 15 is 0 Å². The Labute approximate surface area is 136 Å². The molecule has 0 bridgehead atoms. The van der Waals surface area contributed by atoms with E-state index in [-0.39, 0.29) is 17.6 Å². The topological polar surface area (TPSA) is 53.2 Å². The maximum Gasteiger partial charge on any atom is 0.170 e. The fraction of sp³-hybridized carbons (Fsp3) is 0.368. The van der Waals surface area contributed by atoms with Gasteiger partial charge in [0.05, 0.1) is 11.6 Å². The van der Waals surface area contributed by atoms with E-state index in [0.717, 1.165) is 24.2 Å². The second kappa shape index (κ2) is 6.03. The second-order valence-corrected chi connectivity index (χ2v) is 5.79. The van der Waals surface area contributed by atoms with Gasteiger partial charge >= 0.3 is 0 Å². The monoisotopic (exact) mass is 310 g/mol. The van der Waals surface area contributed by atoms with Gasteiger partial charge in [-0.25, -0.2) is 0 Å². The number of Topliss-reactive ketones (excluding diaryl/α,β-unsaturated/α-hetero) is 2. The molecule has 0 spiro atoms. The predicted octanol–water partition coefficient (Wildman–Crippen LogP) is 3.54. The molecule has 0 saturated heterocycles. The number of aromatic amines is 1. The first kappa shape index (κ1) is 15.5. The number of carbonyl (C=O) groups is 2. The van der Waals surface area contributed by atoms with Crippen molar-refractivity contribution in [2.75, 3.05) is 6.54 Å². The number of nitrogens with one attached hydrogen (secondary N) is 1. The lowest BCUT2D eigenvalue weighted by Crippen LogP contribution is -2.37.